The average Bonchev–Trinajstić information content (AvgIpc) is 3.57. The first-order chi connectivity index (χ1) is 24.6. The first-order valence-electron chi connectivity index (χ1n) is 17.3. The van der Waals surface area contributed by atoms with Gasteiger partial charge in [0.05, 0.1) is 18.7 Å². The van der Waals surface area contributed by atoms with Gasteiger partial charge in [-0.05, 0) is 48.1 Å². The summed E-state index contributed by atoms with van der Waals surface area (Å²) in [6.45, 7) is 8.23. The van der Waals surface area contributed by atoms with E-state index in [4.69, 9.17) is 31.4 Å². The monoisotopic (exact) mass is 722 g/mol. The summed E-state index contributed by atoms with van der Waals surface area (Å²) in [5.41, 5.74) is 17.9. The van der Waals surface area contributed by atoms with Crippen LogP contribution in [-0.4, -0.2) is 113 Å². The van der Waals surface area contributed by atoms with Crippen LogP contribution < -0.4 is 47.6 Å². The molecule has 1 spiro atoms. The van der Waals surface area contributed by atoms with Gasteiger partial charge in [-0.1, -0.05) is 39.8 Å². The van der Waals surface area contributed by atoms with Gasteiger partial charge in [-0.3, -0.25) is 30.0 Å². The number of ether oxygens (including phenoxy) is 3. The van der Waals surface area contributed by atoms with Crippen molar-refractivity contribution in [3.05, 3.63) is 59.2 Å². The minimum atomic E-state index is -2.63. The predicted molar refractivity (Wildman–Crippen MR) is 188 cm³/mol. The lowest BCUT2D eigenvalue weighted by molar-refractivity contribution is -0.521. The molecule has 6 rings (SSSR count). The van der Waals surface area contributed by atoms with Crippen molar-refractivity contribution in [1.29, 1.82) is 0 Å². The summed E-state index contributed by atoms with van der Waals surface area (Å²) >= 11 is 0. The number of guanidine groups is 2. The Labute approximate surface area is 300 Å². The summed E-state index contributed by atoms with van der Waals surface area (Å²) < 4.78 is 16.7. The van der Waals surface area contributed by atoms with E-state index in [2.05, 4.69) is 39.8 Å². The number of benzene rings is 2. The number of nitrogens with two attached hydrogens (primary N) is 3. The number of hydrogen-bond acceptors (Lipinski definition) is 14. The van der Waals surface area contributed by atoms with Crippen molar-refractivity contribution in [2.75, 3.05) is 32.9 Å². The van der Waals surface area contributed by atoms with Crippen LogP contribution in [-0.2, 0) is 14.9 Å². The molecule has 0 aliphatic carbocycles. The highest BCUT2D eigenvalue weighted by molar-refractivity contribution is 5.98. The van der Waals surface area contributed by atoms with Gasteiger partial charge in [0.15, 0.2) is 12.0 Å². The fourth-order valence-corrected chi connectivity index (χ4v) is 7.19. The second-order valence-corrected chi connectivity index (χ2v) is 14.5. The normalized spacial score (nSPS) is 25.6. The molecular formula is C35H48N9O8+. The maximum Gasteiger partial charge on any atom is 0.343 e. The number of nitrogens with zero attached hydrogens (tertiary/aromatic N) is 2. The molecule has 2 aromatic carbocycles. The van der Waals surface area contributed by atoms with Crippen molar-refractivity contribution < 1.29 is 43.8 Å². The molecule has 17 heteroatoms. The second-order valence-electron chi connectivity index (χ2n) is 14.5. The van der Waals surface area contributed by atoms with Crippen molar-refractivity contribution in [3.63, 3.8) is 0 Å². The third-order valence-electron chi connectivity index (χ3n) is 10.3. The summed E-state index contributed by atoms with van der Waals surface area (Å²) in [5.74, 6) is -3.22. The molecule has 4 heterocycles. The Balaban J connectivity index is 1.11. The molecule has 12 N–H and O–H groups in total. The third kappa shape index (κ3) is 6.43. The zero-order valence-electron chi connectivity index (χ0n) is 29.6. The van der Waals surface area contributed by atoms with Crippen LogP contribution in [0.3, 0.4) is 0 Å². The summed E-state index contributed by atoms with van der Waals surface area (Å²) in [7, 11) is 0. The molecule has 17 nitrogen and oxygen atoms in total. The molecule has 0 radical (unpaired) electrons. The molecule has 5 atom stereocenters. The van der Waals surface area contributed by atoms with Gasteiger partial charge < -0.3 is 46.5 Å². The Bertz CT molecular complexity index is 1780. The Hall–Kier alpha value is -5.13. The highest BCUT2D eigenvalue weighted by Gasteiger charge is 2.76. The number of carbonyl (C=O) groups is 3. The number of aliphatic hydroxyl groups is 2. The fourth-order valence-electron chi connectivity index (χ4n) is 7.19. The smallest absolute Gasteiger partial charge is 0.343 e. The first-order valence-corrected chi connectivity index (χ1v) is 17.3. The molecule has 1 fully saturated rings. The summed E-state index contributed by atoms with van der Waals surface area (Å²) in [5, 5.41) is 32.3. The minimum Gasteiger partial charge on any atom is -0.492 e. The maximum absolute atomic E-state index is 13.7. The van der Waals surface area contributed by atoms with E-state index in [1.54, 1.807) is 36.4 Å². The molecule has 1 unspecified atom stereocenters. The number of carbonyl (C=O) groups excluding carboxylic acids is 3. The predicted octanol–water partition coefficient (Wildman–Crippen LogP) is -3.06. The number of esters is 1. The topological polar surface area (TPSA) is 263 Å². The number of aliphatic imine (C=N–C) groups is 1. The van der Waals surface area contributed by atoms with Crippen LogP contribution in [0.5, 0.6) is 11.5 Å². The molecule has 4 aliphatic heterocycles. The molecule has 1 saturated heterocycles. The second kappa shape index (κ2) is 13.8. The molecule has 2 amide bonds. The van der Waals surface area contributed by atoms with Gasteiger partial charge in [0.2, 0.25) is 5.79 Å². The SMILES string of the molecule is CC(C)[C@H](N)C(=O)OCCOc1ccc(C(=O)NC[C@@H]2N=C(N)N3CC(NC(=O)c4cccc5c4OCCC5(C)C)C(O)(O)[C@@]34NC(N)=[NH+][C@@H]24)cc1. The zero-order chi connectivity index (χ0) is 37.6. The van der Waals surface area contributed by atoms with Crippen molar-refractivity contribution in [2.45, 2.75) is 75.1 Å². The lowest BCUT2D eigenvalue weighted by Gasteiger charge is -2.46. The first kappa shape index (κ1) is 36.7. The van der Waals surface area contributed by atoms with Gasteiger partial charge >= 0.3 is 11.9 Å². The lowest BCUT2D eigenvalue weighted by atomic mass is 9.79. The molecule has 4 aliphatic rings. The van der Waals surface area contributed by atoms with Gasteiger partial charge in [-0.15, -0.1) is 0 Å². The minimum absolute atomic E-state index is 0.0236. The van der Waals surface area contributed by atoms with E-state index in [0.717, 1.165) is 12.0 Å². The van der Waals surface area contributed by atoms with Crippen LogP contribution in [0.25, 0.3) is 0 Å². The molecule has 0 bridgehead atoms. The van der Waals surface area contributed by atoms with Crippen molar-refractivity contribution >= 4 is 29.7 Å². The molecule has 0 aromatic heterocycles. The van der Waals surface area contributed by atoms with Gasteiger partial charge in [-0.25, -0.2) is 10.3 Å². The van der Waals surface area contributed by atoms with Crippen LogP contribution in [0, 0.1) is 5.92 Å². The van der Waals surface area contributed by atoms with Crippen molar-refractivity contribution in [3.8, 4) is 11.5 Å². The van der Waals surface area contributed by atoms with Crippen LogP contribution in [0.4, 0.5) is 0 Å². The van der Waals surface area contributed by atoms with Gasteiger partial charge in [0.1, 0.15) is 42.8 Å². The van der Waals surface area contributed by atoms with Gasteiger partial charge in [-0.2, -0.15) is 0 Å². The molecule has 52 heavy (non-hydrogen) atoms. The zero-order valence-corrected chi connectivity index (χ0v) is 29.6. The summed E-state index contributed by atoms with van der Waals surface area (Å²) in [4.78, 5) is 47.8. The quantitative estimate of drug-likeness (QED) is 0.0635. The van der Waals surface area contributed by atoms with Crippen molar-refractivity contribution in [2.24, 2.45) is 28.1 Å². The highest BCUT2D eigenvalue weighted by atomic mass is 16.6. The number of amides is 2. The van der Waals surface area contributed by atoms with E-state index in [9.17, 15) is 24.6 Å². The Kier molecular flexibility index (Phi) is 9.71. The Morgan fingerprint density at radius 3 is 2.56 bits per heavy atom. The number of nitrogens with one attached hydrogen (secondary N) is 4. The lowest BCUT2D eigenvalue weighted by Crippen LogP contribution is -2.90. The fraction of sp³-hybridized carbons (Fsp3) is 0.514. The van der Waals surface area contributed by atoms with E-state index in [-0.39, 0.29) is 55.1 Å². The van der Waals surface area contributed by atoms with Gasteiger partial charge in [0.25, 0.3) is 17.5 Å². The number of fused-ring (bicyclic) bond motifs is 1. The standard InChI is InChI=1S/C35H47N9O8/c1-18(2)25(36)30(47)52-15-14-50-20-10-8-19(9-11-20)28(45)39-16-23-27-34(43-31(37)42-27)35(48,49)24(17-44(34)32(38)40-23)41-29(46)21-6-5-7-22-26(21)51-13-12-33(22,3)4/h5-11,18,23-25,27,48-49H,12-17,36H2,1-4H3,(H2,38,40)(H,39,45)(H,41,46)(H3,37,42,43)/p+1/t23-,24?,25-,27-,34-/m0/s1. The largest absolute Gasteiger partial charge is 0.492 e. The number of hydrogen-bond donors (Lipinski definition) is 9. The van der Waals surface area contributed by atoms with E-state index >= 15 is 0 Å². The van der Waals surface area contributed by atoms with Crippen LogP contribution in [0.1, 0.15) is 60.4 Å². The maximum atomic E-state index is 13.7. The van der Waals surface area contributed by atoms with Crippen LogP contribution in [0.15, 0.2) is 47.5 Å². The van der Waals surface area contributed by atoms with Crippen molar-refractivity contribution in [1.82, 2.24) is 20.9 Å². The van der Waals surface area contributed by atoms with E-state index < -0.39 is 53.4 Å². The average molecular weight is 723 g/mol. The Morgan fingerprint density at radius 2 is 1.85 bits per heavy atom. The molecule has 0 saturated carbocycles. The van der Waals surface area contributed by atoms with E-state index in [1.165, 1.54) is 4.90 Å². The molecule has 2 aromatic rings. The molecule has 280 valence electrons. The molecular weight excluding hydrogens is 674 g/mol. The van der Waals surface area contributed by atoms with E-state index in [0.29, 0.717) is 23.7 Å². The summed E-state index contributed by atoms with van der Waals surface area (Å²) in [6, 6.07) is 8.03. The third-order valence-corrected chi connectivity index (χ3v) is 10.3. The summed E-state index contributed by atoms with van der Waals surface area (Å²) in [6.07, 6.45) is 0.789. The Morgan fingerprint density at radius 1 is 1.12 bits per heavy atom. The van der Waals surface area contributed by atoms with E-state index in [1.807, 2.05) is 19.9 Å². The van der Waals surface area contributed by atoms with Gasteiger partial charge in [0, 0.05) is 17.7 Å². The number of rotatable bonds is 11. The number of para-hydroxylation sites is 1. The highest BCUT2D eigenvalue weighted by Crippen LogP contribution is 2.43. The van der Waals surface area contributed by atoms with Crippen LogP contribution >= 0.6 is 0 Å². The van der Waals surface area contributed by atoms with Crippen LogP contribution in [0.2, 0.25) is 0 Å².